The van der Waals surface area contributed by atoms with Crippen LogP contribution in [0.2, 0.25) is 0 Å². The molecule has 4 rings (SSSR count). The standard InChI is InChI=1S/C26H28N2O3S/c1-3-19-9-12-22(13-10-19)27-26(29)28-15-16-32-25(28)21-11-14-23(30-2)24(17-21)31-18-20-7-5-4-6-8-20/h4-14,17,25H,3,15-16,18H2,1-2H3,(H,27,29). The van der Waals surface area contributed by atoms with E-state index in [0.717, 1.165) is 29.0 Å². The number of carbonyl (C=O) groups is 1. The predicted octanol–water partition coefficient (Wildman–Crippen LogP) is 6.12. The molecule has 3 aromatic carbocycles. The van der Waals surface area contributed by atoms with Crippen LogP contribution in [0.5, 0.6) is 11.5 Å². The molecule has 1 heterocycles. The Balaban J connectivity index is 1.49. The number of rotatable bonds is 7. The first kappa shape index (κ1) is 22.1. The maximum absolute atomic E-state index is 13.0. The number of urea groups is 1. The van der Waals surface area contributed by atoms with E-state index in [9.17, 15) is 4.79 Å². The number of methoxy groups -OCH3 is 1. The Morgan fingerprint density at radius 1 is 1.03 bits per heavy atom. The third kappa shape index (κ3) is 5.19. The molecule has 0 bridgehead atoms. The second-order valence-electron chi connectivity index (χ2n) is 7.58. The number of ether oxygens (including phenoxy) is 2. The molecule has 1 saturated heterocycles. The van der Waals surface area contributed by atoms with Gasteiger partial charge in [-0.1, -0.05) is 55.5 Å². The number of hydrogen-bond donors (Lipinski definition) is 1. The van der Waals surface area contributed by atoms with Crippen LogP contribution in [0.25, 0.3) is 0 Å². The van der Waals surface area contributed by atoms with E-state index in [1.54, 1.807) is 18.9 Å². The van der Waals surface area contributed by atoms with Gasteiger partial charge in [0, 0.05) is 18.0 Å². The summed E-state index contributed by atoms with van der Waals surface area (Å²) in [6, 6.07) is 23.9. The maximum Gasteiger partial charge on any atom is 0.323 e. The summed E-state index contributed by atoms with van der Waals surface area (Å²) >= 11 is 1.75. The first-order chi connectivity index (χ1) is 15.7. The fraction of sp³-hybridized carbons (Fsp3) is 0.269. The van der Waals surface area contributed by atoms with Crippen LogP contribution in [-0.4, -0.2) is 30.3 Å². The lowest BCUT2D eigenvalue weighted by Crippen LogP contribution is -2.34. The van der Waals surface area contributed by atoms with Crippen LogP contribution in [0.3, 0.4) is 0 Å². The van der Waals surface area contributed by atoms with E-state index in [-0.39, 0.29) is 11.4 Å². The zero-order valence-electron chi connectivity index (χ0n) is 18.4. The fourth-order valence-electron chi connectivity index (χ4n) is 3.67. The SMILES string of the molecule is CCc1ccc(NC(=O)N2CCSC2c2ccc(OC)c(OCc3ccccc3)c2)cc1. The largest absolute Gasteiger partial charge is 0.493 e. The number of amides is 2. The molecular formula is C26H28N2O3S. The van der Waals surface area contributed by atoms with E-state index in [0.29, 0.717) is 24.7 Å². The lowest BCUT2D eigenvalue weighted by atomic mass is 10.1. The summed E-state index contributed by atoms with van der Waals surface area (Å²) < 4.78 is 11.6. The van der Waals surface area contributed by atoms with Crippen molar-refractivity contribution in [2.45, 2.75) is 25.3 Å². The number of carbonyl (C=O) groups excluding carboxylic acids is 1. The molecule has 1 unspecified atom stereocenters. The molecule has 0 saturated carbocycles. The minimum absolute atomic E-state index is 0.0742. The van der Waals surface area contributed by atoms with Crippen LogP contribution in [0.4, 0.5) is 10.5 Å². The van der Waals surface area contributed by atoms with Gasteiger partial charge in [0.1, 0.15) is 12.0 Å². The molecule has 0 aliphatic carbocycles. The second-order valence-corrected chi connectivity index (χ2v) is 8.77. The molecule has 2 amide bonds. The van der Waals surface area contributed by atoms with E-state index < -0.39 is 0 Å². The van der Waals surface area contributed by atoms with Gasteiger partial charge in [-0.05, 0) is 47.4 Å². The Morgan fingerprint density at radius 3 is 2.53 bits per heavy atom. The van der Waals surface area contributed by atoms with E-state index in [1.807, 2.05) is 77.7 Å². The molecular weight excluding hydrogens is 420 g/mol. The van der Waals surface area contributed by atoms with E-state index >= 15 is 0 Å². The second kappa shape index (κ2) is 10.5. The molecule has 3 aromatic rings. The number of hydrogen-bond acceptors (Lipinski definition) is 4. The van der Waals surface area contributed by atoms with Crippen LogP contribution in [0.15, 0.2) is 72.8 Å². The lowest BCUT2D eigenvalue weighted by molar-refractivity contribution is 0.214. The molecule has 0 radical (unpaired) electrons. The van der Waals surface area contributed by atoms with Gasteiger partial charge in [0.05, 0.1) is 7.11 Å². The van der Waals surface area contributed by atoms with Gasteiger partial charge >= 0.3 is 6.03 Å². The van der Waals surface area contributed by atoms with E-state index in [4.69, 9.17) is 9.47 Å². The fourth-order valence-corrected chi connectivity index (χ4v) is 4.91. The van der Waals surface area contributed by atoms with Crippen LogP contribution in [0.1, 0.15) is 29.0 Å². The Labute approximate surface area is 193 Å². The summed E-state index contributed by atoms with van der Waals surface area (Å²) in [7, 11) is 1.64. The number of nitrogens with zero attached hydrogens (tertiary/aromatic N) is 1. The molecule has 32 heavy (non-hydrogen) atoms. The van der Waals surface area contributed by atoms with Gasteiger partial charge in [-0.15, -0.1) is 11.8 Å². The van der Waals surface area contributed by atoms with E-state index in [1.165, 1.54) is 5.56 Å². The summed E-state index contributed by atoms with van der Waals surface area (Å²) in [5.41, 5.74) is 4.17. The van der Waals surface area contributed by atoms with Crippen molar-refractivity contribution in [1.29, 1.82) is 0 Å². The Bertz CT molecular complexity index is 1040. The molecule has 5 nitrogen and oxygen atoms in total. The van der Waals surface area contributed by atoms with Gasteiger partial charge in [0.15, 0.2) is 11.5 Å². The molecule has 1 aliphatic rings. The van der Waals surface area contributed by atoms with Crippen LogP contribution < -0.4 is 14.8 Å². The zero-order valence-corrected chi connectivity index (χ0v) is 19.2. The van der Waals surface area contributed by atoms with Crippen molar-refractivity contribution in [3.05, 3.63) is 89.5 Å². The average molecular weight is 449 g/mol. The smallest absolute Gasteiger partial charge is 0.323 e. The van der Waals surface area contributed by atoms with Gasteiger partial charge in [-0.25, -0.2) is 4.79 Å². The summed E-state index contributed by atoms with van der Waals surface area (Å²) in [5.74, 6) is 2.25. The maximum atomic E-state index is 13.0. The van der Waals surface area contributed by atoms with Gasteiger partial charge < -0.3 is 19.7 Å². The summed E-state index contributed by atoms with van der Waals surface area (Å²) in [4.78, 5) is 14.9. The van der Waals surface area contributed by atoms with Gasteiger partial charge in [-0.2, -0.15) is 0 Å². The predicted molar refractivity (Wildman–Crippen MR) is 131 cm³/mol. The number of nitrogens with one attached hydrogen (secondary N) is 1. The van der Waals surface area contributed by atoms with Gasteiger partial charge in [0.2, 0.25) is 0 Å². The number of aryl methyl sites for hydroxylation is 1. The summed E-state index contributed by atoms with van der Waals surface area (Å²) in [6.45, 7) is 3.27. The molecule has 6 heteroatoms. The van der Waals surface area contributed by atoms with Gasteiger partial charge in [0.25, 0.3) is 0 Å². The third-order valence-corrected chi connectivity index (χ3v) is 6.74. The quantitative estimate of drug-likeness (QED) is 0.473. The molecule has 1 N–H and O–H groups in total. The van der Waals surface area contributed by atoms with Crippen LogP contribution >= 0.6 is 11.8 Å². The first-order valence-corrected chi connectivity index (χ1v) is 11.9. The number of anilines is 1. The highest BCUT2D eigenvalue weighted by atomic mass is 32.2. The van der Waals surface area contributed by atoms with Crippen LogP contribution in [-0.2, 0) is 13.0 Å². The number of benzene rings is 3. The van der Waals surface area contributed by atoms with Crippen molar-refractivity contribution in [2.75, 3.05) is 24.7 Å². The van der Waals surface area contributed by atoms with Crippen LogP contribution in [0, 0.1) is 0 Å². The molecule has 1 fully saturated rings. The lowest BCUT2D eigenvalue weighted by Gasteiger charge is -2.25. The van der Waals surface area contributed by atoms with Crippen molar-refractivity contribution in [1.82, 2.24) is 4.90 Å². The summed E-state index contributed by atoms with van der Waals surface area (Å²) in [6.07, 6.45) is 0.977. The van der Waals surface area contributed by atoms with Crippen molar-refractivity contribution in [3.63, 3.8) is 0 Å². The summed E-state index contributed by atoms with van der Waals surface area (Å²) in [5, 5.41) is 2.96. The first-order valence-electron chi connectivity index (χ1n) is 10.8. The van der Waals surface area contributed by atoms with Crippen molar-refractivity contribution in [2.24, 2.45) is 0 Å². The minimum atomic E-state index is -0.0909. The minimum Gasteiger partial charge on any atom is -0.493 e. The normalized spacial score (nSPS) is 15.4. The third-order valence-electron chi connectivity index (χ3n) is 5.48. The van der Waals surface area contributed by atoms with Crippen molar-refractivity contribution < 1.29 is 14.3 Å². The molecule has 1 atom stereocenters. The number of thioether (sulfide) groups is 1. The molecule has 166 valence electrons. The van der Waals surface area contributed by atoms with E-state index in [2.05, 4.69) is 12.2 Å². The highest BCUT2D eigenvalue weighted by molar-refractivity contribution is 7.99. The highest BCUT2D eigenvalue weighted by Crippen LogP contribution is 2.41. The Kier molecular flexibility index (Phi) is 7.22. The van der Waals surface area contributed by atoms with Crippen molar-refractivity contribution >= 4 is 23.5 Å². The van der Waals surface area contributed by atoms with Gasteiger partial charge in [-0.3, -0.25) is 0 Å². The monoisotopic (exact) mass is 448 g/mol. The van der Waals surface area contributed by atoms with Crippen molar-refractivity contribution in [3.8, 4) is 11.5 Å². The Morgan fingerprint density at radius 2 is 1.81 bits per heavy atom. The highest BCUT2D eigenvalue weighted by Gasteiger charge is 2.31. The zero-order chi connectivity index (χ0) is 22.3. The molecule has 0 spiro atoms. The average Bonchev–Trinajstić information content (AvgIpc) is 3.34. The molecule has 0 aromatic heterocycles. The topological polar surface area (TPSA) is 50.8 Å². The Hall–Kier alpha value is -3.12. The molecule has 1 aliphatic heterocycles.